The molecule has 3 fully saturated rings. The number of hydrogen-bond acceptors (Lipinski definition) is 1. The van der Waals surface area contributed by atoms with Gasteiger partial charge in [0.15, 0.2) is 0 Å². The molecule has 1 amide bonds. The van der Waals surface area contributed by atoms with Crippen LogP contribution in [0.2, 0.25) is 0 Å². The van der Waals surface area contributed by atoms with Crippen LogP contribution in [0, 0.1) is 17.8 Å². The van der Waals surface area contributed by atoms with Crippen LogP contribution < -0.4 is 0 Å². The predicted octanol–water partition coefficient (Wildman–Crippen LogP) is 9.02. The molecule has 4 rings (SSSR count). The molecule has 2 heteroatoms. The number of benzene rings is 1. The number of amides is 1. The lowest BCUT2D eigenvalue weighted by Gasteiger charge is -2.38. The highest BCUT2D eigenvalue weighted by atomic mass is 16.2. The fourth-order valence-electron chi connectivity index (χ4n) is 7.72. The minimum absolute atomic E-state index is 0.0580. The van der Waals surface area contributed by atoms with Gasteiger partial charge in [0.2, 0.25) is 5.91 Å². The number of likely N-dealkylation sites (N-methyl/N-ethyl adjacent to an activating group) is 1. The van der Waals surface area contributed by atoms with Gasteiger partial charge in [0.1, 0.15) is 0 Å². The second-order valence-corrected chi connectivity index (χ2v) is 12.2. The first-order valence-electron chi connectivity index (χ1n) is 15.1. The van der Waals surface area contributed by atoms with Crippen molar-refractivity contribution in [3.63, 3.8) is 0 Å². The van der Waals surface area contributed by atoms with Crippen LogP contribution in [0.4, 0.5) is 0 Å². The first-order chi connectivity index (χ1) is 17.1. The van der Waals surface area contributed by atoms with Crippen LogP contribution in [0.5, 0.6) is 0 Å². The van der Waals surface area contributed by atoms with Gasteiger partial charge < -0.3 is 4.90 Å². The zero-order valence-electron chi connectivity index (χ0n) is 22.7. The Bertz CT molecular complexity index is 774. The Hall–Kier alpha value is -1.57. The number of unbranched alkanes of at least 4 members (excludes halogenated alkanes) is 2. The molecule has 0 saturated heterocycles. The minimum Gasteiger partial charge on any atom is -0.339 e. The van der Waals surface area contributed by atoms with Gasteiger partial charge in [0.25, 0.3) is 0 Å². The standard InChI is InChI=1S/C33H51NO/c1-4-6-7-8-25-9-11-26(12-10-25)27-13-15-28(16-14-27)29-17-19-30(20-18-29)31-21-23-32(24-22-31)34(3)33(35)5-2/h5,17-20,25-28,31-32H,2,4,6-16,21-24H2,1,3H3. The van der Waals surface area contributed by atoms with Crippen LogP contribution in [-0.4, -0.2) is 23.9 Å². The molecule has 3 aliphatic rings. The van der Waals surface area contributed by atoms with Crippen LogP contribution in [0.3, 0.4) is 0 Å². The molecule has 0 radical (unpaired) electrons. The average Bonchev–Trinajstić information content (AvgIpc) is 2.93. The lowest BCUT2D eigenvalue weighted by molar-refractivity contribution is -0.127. The third-order valence-electron chi connectivity index (χ3n) is 10.2. The first-order valence-corrected chi connectivity index (χ1v) is 15.1. The molecule has 194 valence electrons. The number of hydrogen-bond donors (Lipinski definition) is 0. The molecular formula is C33H51NO. The van der Waals surface area contributed by atoms with E-state index in [1.807, 2.05) is 11.9 Å². The van der Waals surface area contributed by atoms with Crippen molar-refractivity contribution in [2.45, 2.75) is 128 Å². The predicted molar refractivity (Wildman–Crippen MR) is 149 cm³/mol. The highest BCUT2D eigenvalue weighted by Gasteiger charge is 2.31. The molecule has 0 aromatic heterocycles. The van der Waals surface area contributed by atoms with Gasteiger partial charge in [-0.05, 0) is 111 Å². The maximum Gasteiger partial charge on any atom is 0.245 e. The van der Waals surface area contributed by atoms with E-state index in [9.17, 15) is 4.79 Å². The van der Waals surface area contributed by atoms with Gasteiger partial charge in [0, 0.05) is 13.1 Å². The molecule has 0 bridgehead atoms. The fourth-order valence-corrected chi connectivity index (χ4v) is 7.72. The quantitative estimate of drug-likeness (QED) is 0.257. The lowest BCUT2D eigenvalue weighted by atomic mass is 9.68. The average molecular weight is 478 g/mol. The van der Waals surface area contributed by atoms with E-state index in [1.165, 1.54) is 102 Å². The largest absolute Gasteiger partial charge is 0.339 e. The summed E-state index contributed by atoms with van der Waals surface area (Å²) < 4.78 is 0. The summed E-state index contributed by atoms with van der Waals surface area (Å²) in [5, 5.41) is 0. The molecule has 0 spiro atoms. The van der Waals surface area contributed by atoms with Gasteiger partial charge in [-0.1, -0.05) is 76.3 Å². The number of nitrogens with zero attached hydrogens (tertiary/aromatic N) is 1. The van der Waals surface area contributed by atoms with E-state index in [0.717, 1.165) is 36.5 Å². The summed E-state index contributed by atoms with van der Waals surface area (Å²) in [6.07, 6.45) is 23.5. The Labute approximate surface area is 215 Å². The molecule has 0 N–H and O–H groups in total. The molecule has 0 aliphatic heterocycles. The Morgan fingerprint density at radius 2 is 1.29 bits per heavy atom. The summed E-state index contributed by atoms with van der Waals surface area (Å²) >= 11 is 0. The normalized spacial score (nSPS) is 31.6. The molecule has 0 atom stereocenters. The summed E-state index contributed by atoms with van der Waals surface area (Å²) in [5.41, 5.74) is 3.09. The number of carbonyl (C=O) groups is 1. The van der Waals surface area contributed by atoms with Crippen LogP contribution >= 0.6 is 0 Å². The smallest absolute Gasteiger partial charge is 0.245 e. The summed E-state index contributed by atoms with van der Waals surface area (Å²) in [6, 6.07) is 10.1. The van der Waals surface area contributed by atoms with E-state index in [2.05, 4.69) is 37.8 Å². The maximum atomic E-state index is 11.9. The van der Waals surface area contributed by atoms with Crippen molar-refractivity contribution in [1.29, 1.82) is 0 Å². The van der Waals surface area contributed by atoms with Crippen molar-refractivity contribution in [1.82, 2.24) is 4.90 Å². The number of rotatable bonds is 9. The minimum atomic E-state index is 0.0580. The fraction of sp³-hybridized carbons (Fsp3) is 0.727. The lowest BCUT2D eigenvalue weighted by Crippen LogP contribution is -2.38. The second kappa shape index (κ2) is 13.1. The molecule has 1 aromatic rings. The third-order valence-corrected chi connectivity index (χ3v) is 10.2. The zero-order chi connectivity index (χ0) is 24.6. The Morgan fingerprint density at radius 1 is 0.800 bits per heavy atom. The zero-order valence-corrected chi connectivity index (χ0v) is 22.7. The van der Waals surface area contributed by atoms with Crippen molar-refractivity contribution in [2.24, 2.45) is 17.8 Å². The van der Waals surface area contributed by atoms with Gasteiger partial charge in [0.05, 0.1) is 0 Å². The van der Waals surface area contributed by atoms with Crippen molar-refractivity contribution < 1.29 is 4.79 Å². The Balaban J connectivity index is 1.19. The van der Waals surface area contributed by atoms with Gasteiger partial charge in [-0.25, -0.2) is 0 Å². The molecule has 1 aromatic carbocycles. The Kier molecular flexibility index (Phi) is 9.92. The van der Waals surface area contributed by atoms with E-state index in [4.69, 9.17) is 0 Å². The van der Waals surface area contributed by atoms with E-state index in [1.54, 1.807) is 5.56 Å². The van der Waals surface area contributed by atoms with Crippen molar-refractivity contribution in [3.05, 3.63) is 48.0 Å². The molecule has 0 unspecified atom stereocenters. The Morgan fingerprint density at radius 3 is 1.77 bits per heavy atom. The van der Waals surface area contributed by atoms with Crippen LogP contribution in [0.1, 0.15) is 133 Å². The topological polar surface area (TPSA) is 20.3 Å². The van der Waals surface area contributed by atoms with E-state index < -0.39 is 0 Å². The van der Waals surface area contributed by atoms with Crippen molar-refractivity contribution >= 4 is 5.91 Å². The first kappa shape index (κ1) is 26.5. The van der Waals surface area contributed by atoms with Gasteiger partial charge >= 0.3 is 0 Å². The summed E-state index contributed by atoms with van der Waals surface area (Å²) in [5.74, 6) is 4.56. The third kappa shape index (κ3) is 7.01. The van der Waals surface area contributed by atoms with Crippen LogP contribution in [0.25, 0.3) is 0 Å². The molecular weight excluding hydrogens is 426 g/mol. The van der Waals surface area contributed by atoms with Gasteiger partial charge in [-0.2, -0.15) is 0 Å². The highest BCUT2D eigenvalue weighted by molar-refractivity contribution is 5.87. The van der Waals surface area contributed by atoms with E-state index >= 15 is 0 Å². The molecule has 35 heavy (non-hydrogen) atoms. The molecule has 3 saturated carbocycles. The SMILES string of the molecule is C=CC(=O)N(C)C1CCC(c2ccc(C3CCC(C4CCC(CCCCC)CC4)CC3)cc2)CC1. The van der Waals surface area contributed by atoms with Gasteiger partial charge in [-0.15, -0.1) is 0 Å². The van der Waals surface area contributed by atoms with Crippen LogP contribution in [-0.2, 0) is 4.79 Å². The van der Waals surface area contributed by atoms with Gasteiger partial charge in [-0.3, -0.25) is 4.79 Å². The summed E-state index contributed by atoms with van der Waals surface area (Å²) in [7, 11) is 1.93. The van der Waals surface area contributed by atoms with Crippen LogP contribution in [0.15, 0.2) is 36.9 Å². The van der Waals surface area contributed by atoms with Crippen molar-refractivity contribution in [3.8, 4) is 0 Å². The molecule has 3 aliphatic carbocycles. The summed E-state index contributed by atoms with van der Waals surface area (Å²) in [4.78, 5) is 13.8. The monoisotopic (exact) mass is 477 g/mol. The summed E-state index contributed by atoms with van der Waals surface area (Å²) in [6.45, 7) is 5.96. The number of carbonyl (C=O) groups excluding carboxylic acids is 1. The highest BCUT2D eigenvalue weighted by Crippen LogP contribution is 2.45. The van der Waals surface area contributed by atoms with E-state index in [0.29, 0.717) is 12.0 Å². The van der Waals surface area contributed by atoms with E-state index in [-0.39, 0.29) is 5.91 Å². The molecule has 0 heterocycles. The second-order valence-electron chi connectivity index (χ2n) is 12.2. The molecule has 2 nitrogen and oxygen atoms in total. The maximum absolute atomic E-state index is 11.9. The van der Waals surface area contributed by atoms with Crippen molar-refractivity contribution in [2.75, 3.05) is 7.05 Å².